The molecule has 2 aromatic rings. The number of amides is 2. The van der Waals surface area contributed by atoms with Crippen molar-refractivity contribution in [3.8, 4) is 5.75 Å². The van der Waals surface area contributed by atoms with Gasteiger partial charge in [-0.15, -0.1) is 12.4 Å². The molecule has 4 N–H and O–H groups in total. The van der Waals surface area contributed by atoms with Gasteiger partial charge in [-0.05, 0) is 63.1 Å². The second-order valence-corrected chi connectivity index (χ2v) is 10.5. The van der Waals surface area contributed by atoms with Crippen molar-refractivity contribution in [2.24, 2.45) is 11.7 Å². The molecule has 4 atom stereocenters. The first-order valence-corrected chi connectivity index (χ1v) is 13.0. The van der Waals surface area contributed by atoms with Crippen molar-refractivity contribution < 1.29 is 33.0 Å². The Labute approximate surface area is 243 Å². The summed E-state index contributed by atoms with van der Waals surface area (Å²) in [5.41, 5.74) is 5.63. The van der Waals surface area contributed by atoms with E-state index < -0.39 is 53.9 Å². The van der Waals surface area contributed by atoms with Gasteiger partial charge in [0.2, 0.25) is 5.91 Å². The van der Waals surface area contributed by atoms with E-state index in [9.17, 15) is 23.6 Å². The quantitative estimate of drug-likeness (QED) is 0.292. The minimum Gasteiger partial charge on any atom is -0.484 e. The fourth-order valence-electron chi connectivity index (χ4n) is 4.21. The Morgan fingerprint density at radius 3 is 2.40 bits per heavy atom. The van der Waals surface area contributed by atoms with Gasteiger partial charge in [0.25, 0.3) is 5.91 Å². The van der Waals surface area contributed by atoms with Crippen molar-refractivity contribution >= 4 is 47.6 Å². The molecule has 2 aromatic carbocycles. The first-order chi connectivity index (χ1) is 18.2. The zero-order chi connectivity index (χ0) is 29.1. The number of hydrogen-bond acceptors (Lipinski definition) is 7. The normalized spacial score (nSPS) is 18.6. The van der Waals surface area contributed by atoms with Gasteiger partial charge in [0.15, 0.2) is 11.9 Å². The predicted octanol–water partition coefficient (Wildman–Crippen LogP) is 4.15. The molecule has 0 spiro atoms. The Hall–Kier alpha value is -3.21. The van der Waals surface area contributed by atoms with E-state index in [1.807, 2.05) is 13.8 Å². The van der Waals surface area contributed by atoms with Gasteiger partial charge in [0.1, 0.15) is 23.7 Å². The van der Waals surface area contributed by atoms with Crippen LogP contribution in [0.25, 0.3) is 0 Å². The number of nitrogens with one attached hydrogen (secondary N) is 2. The van der Waals surface area contributed by atoms with Gasteiger partial charge < -0.3 is 25.8 Å². The molecule has 0 bridgehead atoms. The molecule has 1 heterocycles. The Kier molecular flexibility index (Phi) is 11.1. The number of carbonyl (C=O) groups excluding carboxylic acids is 4. The molecular formula is C28H34Cl2FN3O6. The second kappa shape index (κ2) is 13.4. The van der Waals surface area contributed by atoms with Gasteiger partial charge in [-0.25, -0.2) is 4.39 Å². The molecule has 0 unspecified atom stereocenters. The lowest BCUT2D eigenvalue weighted by atomic mass is 9.85. The number of benzene rings is 2. The van der Waals surface area contributed by atoms with Crippen molar-refractivity contribution in [3.05, 3.63) is 63.9 Å². The Bertz CT molecular complexity index is 1290. The second-order valence-electron chi connectivity index (χ2n) is 10.1. The first-order valence-electron chi connectivity index (χ1n) is 12.6. The molecule has 0 aromatic heterocycles. The maximum atomic E-state index is 13.7. The van der Waals surface area contributed by atoms with Crippen LogP contribution < -0.4 is 21.1 Å². The summed E-state index contributed by atoms with van der Waals surface area (Å²) < 4.78 is 25.6. The maximum Gasteiger partial charge on any atom is 0.325 e. The molecule has 3 rings (SSSR count). The van der Waals surface area contributed by atoms with Gasteiger partial charge in [-0.1, -0.05) is 31.9 Å². The zero-order valence-electron chi connectivity index (χ0n) is 22.9. The van der Waals surface area contributed by atoms with Gasteiger partial charge in [0, 0.05) is 16.7 Å². The summed E-state index contributed by atoms with van der Waals surface area (Å²) in [5.74, 6) is -2.49. The van der Waals surface area contributed by atoms with Crippen molar-refractivity contribution in [1.29, 1.82) is 0 Å². The molecule has 0 aliphatic carbocycles. The van der Waals surface area contributed by atoms with Crippen LogP contribution in [0.1, 0.15) is 73.4 Å². The van der Waals surface area contributed by atoms with Crippen LogP contribution in [0.3, 0.4) is 0 Å². The molecule has 0 radical (unpaired) electrons. The predicted molar refractivity (Wildman–Crippen MR) is 150 cm³/mol. The Balaban J connectivity index is 0.00000560. The molecule has 1 aliphatic rings. The number of nitrogens with two attached hydrogens (primary N) is 1. The van der Waals surface area contributed by atoms with E-state index in [0.29, 0.717) is 23.3 Å². The number of hydrogen-bond donors (Lipinski definition) is 3. The highest BCUT2D eigenvalue weighted by Gasteiger charge is 2.47. The van der Waals surface area contributed by atoms with Crippen LogP contribution in [0.5, 0.6) is 5.75 Å². The molecule has 12 heteroatoms. The van der Waals surface area contributed by atoms with Crippen LogP contribution in [-0.2, 0) is 14.3 Å². The average Bonchev–Trinajstić information content (AvgIpc) is 2.89. The molecular weight excluding hydrogens is 564 g/mol. The number of carbonyl (C=O) groups is 4. The zero-order valence-corrected chi connectivity index (χ0v) is 24.5. The lowest BCUT2D eigenvalue weighted by Gasteiger charge is -2.44. The number of ether oxygens (including phenoxy) is 2. The van der Waals surface area contributed by atoms with Gasteiger partial charge >= 0.3 is 5.97 Å². The molecule has 0 fully saturated rings. The van der Waals surface area contributed by atoms with Crippen molar-refractivity contribution in [1.82, 2.24) is 10.6 Å². The van der Waals surface area contributed by atoms with E-state index >= 15 is 0 Å². The molecule has 9 nitrogen and oxygen atoms in total. The summed E-state index contributed by atoms with van der Waals surface area (Å²) in [4.78, 5) is 50.5. The number of fused-ring (bicyclic) bond motifs is 1. The van der Waals surface area contributed by atoms with Gasteiger partial charge in [-0.3, -0.25) is 19.2 Å². The highest BCUT2D eigenvalue weighted by atomic mass is 35.5. The minimum atomic E-state index is -1.14. The van der Waals surface area contributed by atoms with Crippen molar-refractivity contribution in [3.63, 3.8) is 0 Å². The number of rotatable bonds is 9. The third-order valence-electron chi connectivity index (χ3n) is 6.81. The van der Waals surface area contributed by atoms with Crippen LogP contribution in [0.2, 0.25) is 5.02 Å². The topological polar surface area (TPSA) is 137 Å². The highest BCUT2D eigenvalue weighted by Crippen LogP contribution is 2.42. The van der Waals surface area contributed by atoms with E-state index in [-0.39, 0.29) is 34.7 Å². The van der Waals surface area contributed by atoms with Gasteiger partial charge in [0.05, 0.1) is 17.1 Å². The summed E-state index contributed by atoms with van der Waals surface area (Å²) in [6.45, 7) is 8.04. The third-order valence-corrected chi connectivity index (χ3v) is 7.10. The molecule has 1 aliphatic heterocycles. The first kappa shape index (κ1) is 33.0. The lowest BCUT2D eigenvalue weighted by molar-refractivity contribution is -0.164. The minimum absolute atomic E-state index is 0. The fraction of sp³-hybridized carbons (Fsp3) is 0.429. The summed E-state index contributed by atoms with van der Waals surface area (Å²) in [7, 11) is 0. The fourth-order valence-corrected chi connectivity index (χ4v) is 4.39. The van der Waals surface area contributed by atoms with Crippen LogP contribution in [0, 0.1) is 11.7 Å². The maximum absolute atomic E-state index is 13.7. The van der Waals surface area contributed by atoms with E-state index in [1.54, 1.807) is 32.0 Å². The van der Waals surface area contributed by atoms with E-state index in [1.165, 1.54) is 19.1 Å². The largest absolute Gasteiger partial charge is 0.484 e. The SMILES string of the molecule is CC[C@H](C)[C@H](N)C(=O)NCC(=O)O[C@H]1[C@@H](NC(=O)c2ccc(F)c(Cl)c2)c2cc(C(C)=O)ccc2OC1(C)C.Cl. The summed E-state index contributed by atoms with van der Waals surface area (Å²) in [5, 5.41) is 5.08. The lowest BCUT2D eigenvalue weighted by Crippen LogP contribution is -2.56. The van der Waals surface area contributed by atoms with Crippen LogP contribution in [-0.4, -0.2) is 47.9 Å². The van der Waals surface area contributed by atoms with Gasteiger partial charge in [-0.2, -0.15) is 0 Å². The summed E-state index contributed by atoms with van der Waals surface area (Å²) in [6.07, 6.45) is -0.394. The monoisotopic (exact) mass is 597 g/mol. The van der Waals surface area contributed by atoms with Crippen molar-refractivity contribution in [2.45, 2.75) is 64.8 Å². The average molecular weight is 598 g/mol. The van der Waals surface area contributed by atoms with E-state index in [0.717, 1.165) is 6.07 Å². The third kappa shape index (κ3) is 7.50. The summed E-state index contributed by atoms with van der Waals surface area (Å²) >= 11 is 5.87. The van der Waals surface area contributed by atoms with E-state index in [2.05, 4.69) is 10.6 Å². The van der Waals surface area contributed by atoms with Crippen LogP contribution in [0.15, 0.2) is 36.4 Å². The molecule has 0 saturated carbocycles. The Morgan fingerprint density at radius 1 is 1.15 bits per heavy atom. The molecule has 2 amide bonds. The highest BCUT2D eigenvalue weighted by molar-refractivity contribution is 6.31. The van der Waals surface area contributed by atoms with E-state index in [4.69, 9.17) is 26.8 Å². The number of ketones is 1. The van der Waals surface area contributed by atoms with Crippen molar-refractivity contribution in [2.75, 3.05) is 6.54 Å². The Morgan fingerprint density at radius 2 is 1.80 bits per heavy atom. The summed E-state index contributed by atoms with van der Waals surface area (Å²) in [6, 6.07) is 6.52. The van der Waals surface area contributed by atoms with Crippen LogP contribution in [0.4, 0.5) is 4.39 Å². The molecule has 40 heavy (non-hydrogen) atoms. The number of esters is 1. The number of Topliss-reactive ketones (excluding diaryl/α,β-unsaturated/α-hetero) is 1. The molecule has 0 saturated heterocycles. The van der Waals surface area contributed by atoms with Crippen LogP contribution >= 0.6 is 24.0 Å². The number of halogens is 3. The smallest absolute Gasteiger partial charge is 0.325 e. The molecule has 218 valence electrons. The standard InChI is InChI=1S/C28H33ClFN3O6.ClH/c1-6-14(2)23(31)27(37)32-13-22(35)38-25-24(33-26(36)17-7-9-20(30)19(29)12-17)18-11-16(15(3)34)8-10-21(18)39-28(25,4)5;/h7-12,14,23-25H,6,13,31H2,1-5H3,(H,32,37)(H,33,36);1H/t14-,23-,24-,25-;/m0./s1.